The summed E-state index contributed by atoms with van der Waals surface area (Å²) in [4.78, 5) is 27.5. The smallest absolute Gasteiger partial charge is 0.433 e. The summed E-state index contributed by atoms with van der Waals surface area (Å²) in [6, 6.07) is 10.7. The van der Waals surface area contributed by atoms with E-state index >= 15 is 0 Å². The maximum absolute atomic E-state index is 12.5. The van der Waals surface area contributed by atoms with E-state index < -0.39 is 23.7 Å². The number of para-hydroxylation sites is 2. The molecule has 0 atom stereocenters. The quantitative estimate of drug-likeness (QED) is 0.557. The molecule has 0 unspecified atom stereocenters. The highest BCUT2D eigenvalue weighted by Gasteiger charge is 2.32. The molecule has 0 radical (unpaired) electrons. The van der Waals surface area contributed by atoms with Gasteiger partial charge in [0.2, 0.25) is 5.91 Å². The SMILES string of the molecule is O=C(/C=C/c1coc(/C=C2\Oc3ccccc3NC2=O)c1)NCc1ccc(C(F)(F)F)nc1. The summed E-state index contributed by atoms with van der Waals surface area (Å²) in [5.41, 5.74) is 0.559. The number of halogens is 3. The molecule has 0 spiro atoms. The van der Waals surface area contributed by atoms with Crippen molar-refractivity contribution in [3.8, 4) is 5.75 Å². The third kappa shape index (κ3) is 5.48. The molecule has 0 bridgehead atoms. The zero-order chi connectivity index (χ0) is 23.4. The molecule has 0 fully saturated rings. The van der Waals surface area contributed by atoms with Crippen LogP contribution in [0.1, 0.15) is 22.6 Å². The van der Waals surface area contributed by atoms with E-state index in [1.54, 1.807) is 30.3 Å². The number of nitrogens with one attached hydrogen (secondary N) is 2. The predicted octanol–water partition coefficient (Wildman–Crippen LogP) is 4.40. The van der Waals surface area contributed by atoms with Gasteiger partial charge >= 0.3 is 6.18 Å². The van der Waals surface area contributed by atoms with Crippen molar-refractivity contribution in [2.24, 2.45) is 0 Å². The van der Waals surface area contributed by atoms with Crippen LogP contribution in [0.25, 0.3) is 12.2 Å². The monoisotopic (exact) mass is 455 g/mol. The topological polar surface area (TPSA) is 93.5 Å². The number of ether oxygens (including phenoxy) is 1. The Labute approximate surface area is 185 Å². The second kappa shape index (κ2) is 9.03. The molecular weight excluding hydrogens is 439 g/mol. The largest absolute Gasteiger partial charge is 0.464 e. The van der Waals surface area contributed by atoms with E-state index in [2.05, 4.69) is 15.6 Å². The van der Waals surface area contributed by atoms with Gasteiger partial charge in [0.15, 0.2) is 11.5 Å². The van der Waals surface area contributed by atoms with Crippen molar-refractivity contribution in [3.05, 3.63) is 89.3 Å². The van der Waals surface area contributed by atoms with Gasteiger partial charge in [-0.1, -0.05) is 18.2 Å². The molecule has 3 heterocycles. The summed E-state index contributed by atoms with van der Waals surface area (Å²) >= 11 is 0. The van der Waals surface area contributed by atoms with E-state index in [1.165, 1.54) is 30.6 Å². The molecule has 0 aliphatic carbocycles. The Hall–Kier alpha value is -4.34. The first kappa shape index (κ1) is 21.9. The van der Waals surface area contributed by atoms with E-state index in [1.807, 2.05) is 0 Å². The van der Waals surface area contributed by atoms with Crippen molar-refractivity contribution in [1.29, 1.82) is 0 Å². The number of benzene rings is 1. The zero-order valence-corrected chi connectivity index (χ0v) is 16.8. The van der Waals surface area contributed by atoms with Crippen molar-refractivity contribution in [3.63, 3.8) is 0 Å². The maximum Gasteiger partial charge on any atom is 0.433 e. The van der Waals surface area contributed by atoms with Crippen molar-refractivity contribution in [2.75, 3.05) is 5.32 Å². The third-order valence-corrected chi connectivity index (χ3v) is 4.50. The number of rotatable bonds is 5. The fraction of sp³-hybridized carbons (Fsp3) is 0.0870. The molecule has 1 aliphatic rings. The van der Waals surface area contributed by atoms with E-state index in [9.17, 15) is 22.8 Å². The van der Waals surface area contributed by atoms with Gasteiger partial charge in [-0.05, 0) is 35.9 Å². The molecule has 1 aromatic carbocycles. The molecule has 3 aromatic rings. The minimum Gasteiger partial charge on any atom is -0.464 e. The summed E-state index contributed by atoms with van der Waals surface area (Å²) in [5.74, 6) is 0.0359. The highest BCUT2D eigenvalue weighted by Crippen LogP contribution is 2.31. The van der Waals surface area contributed by atoms with Gasteiger partial charge in [-0.15, -0.1) is 0 Å². The highest BCUT2D eigenvalue weighted by atomic mass is 19.4. The Morgan fingerprint density at radius 3 is 2.76 bits per heavy atom. The number of nitrogens with zero attached hydrogens (tertiary/aromatic N) is 1. The lowest BCUT2D eigenvalue weighted by molar-refractivity contribution is -0.141. The van der Waals surface area contributed by atoms with Crippen LogP contribution in [0, 0.1) is 0 Å². The summed E-state index contributed by atoms with van der Waals surface area (Å²) in [7, 11) is 0. The number of alkyl halides is 3. The first-order valence-electron chi connectivity index (χ1n) is 9.64. The zero-order valence-electron chi connectivity index (χ0n) is 16.8. The average molecular weight is 455 g/mol. The molecular formula is C23H16F3N3O4. The lowest BCUT2D eigenvalue weighted by atomic mass is 10.2. The summed E-state index contributed by atoms with van der Waals surface area (Å²) in [6.45, 7) is 0.0188. The second-order valence-corrected chi connectivity index (χ2v) is 6.94. The van der Waals surface area contributed by atoms with E-state index in [0.29, 0.717) is 28.3 Å². The summed E-state index contributed by atoms with van der Waals surface area (Å²) in [5, 5.41) is 5.27. The number of fused-ring (bicyclic) bond motifs is 1. The lowest BCUT2D eigenvalue weighted by Crippen LogP contribution is -2.23. The number of pyridine rings is 1. The molecule has 2 amide bonds. The predicted molar refractivity (Wildman–Crippen MR) is 113 cm³/mol. The third-order valence-electron chi connectivity index (χ3n) is 4.50. The van der Waals surface area contributed by atoms with Gasteiger partial charge in [0.25, 0.3) is 5.91 Å². The number of amides is 2. The first-order chi connectivity index (χ1) is 15.8. The van der Waals surface area contributed by atoms with E-state index in [-0.39, 0.29) is 12.3 Å². The Morgan fingerprint density at radius 1 is 1.18 bits per heavy atom. The standard InChI is InChI=1S/C23H16F3N3O4/c24-23(25,26)20-7-5-15(11-27-20)12-28-21(30)8-6-14-9-16(32-13-14)10-19-22(31)29-17-3-1-2-4-18(17)33-19/h1-11,13H,12H2,(H,28,30)(H,29,31)/b8-6+,19-10-. The lowest BCUT2D eigenvalue weighted by Gasteiger charge is -2.19. The molecule has 33 heavy (non-hydrogen) atoms. The van der Waals surface area contributed by atoms with E-state index in [4.69, 9.17) is 9.15 Å². The Bertz CT molecular complexity index is 1240. The van der Waals surface area contributed by atoms with Gasteiger partial charge < -0.3 is 19.8 Å². The van der Waals surface area contributed by atoms with Crippen molar-refractivity contribution >= 4 is 29.7 Å². The Kier molecular flexibility index (Phi) is 5.99. The number of hydrogen-bond acceptors (Lipinski definition) is 5. The minimum atomic E-state index is -4.51. The Morgan fingerprint density at radius 2 is 2.00 bits per heavy atom. The van der Waals surface area contributed by atoms with Crippen molar-refractivity contribution in [2.45, 2.75) is 12.7 Å². The Balaban J connectivity index is 1.33. The van der Waals surface area contributed by atoms with Crippen LogP contribution in [-0.2, 0) is 22.3 Å². The molecule has 1 aliphatic heterocycles. The number of aromatic nitrogens is 1. The van der Waals surface area contributed by atoms with Crippen molar-refractivity contribution in [1.82, 2.24) is 10.3 Å². The number of anilines is 1. The number of carbonyl (C=O) groups excluding carboxylic acids is 2. The number of furan rings is 1. The van der Waals surface area contributed by atoms with Gasteiger partial charge in [-0.2, -0.15) is 13.2 Å². The van der Waals surface area contributed by atoms with Gasteiger partial charge in [0.05, 0.1) is 12.0 Å². The van der Waals surface area contributed by atoms with Crippen LogP contribution in [0.3, 0.4) is 0 Å². The van der Waals surface area contributed by atoms with Gasteiger partial charge in [0.1, 0.15) is 11.5 Å². The van der Waals surface area contributed by atoms with Crippen LogP contribution < -0.4 is 15.4 Å². The van der Waals surface area contributed by atoms with Crippen LogP contribution in [0.5, 0.6) is 5.75 Å². The molecule has 0 saturated heterocycles. The molecule has 10 heteroatoms. The number of hydrogen-bond donors (Lipinski definition) is 2. The van der Waals surface area contributed by atoms with Crippen molar-refractivity contribution < 1.29 is 31.9 Å². The summed E-state index contributed by atoms with van der Waals surface area (Å²) in [6.07, 6.45) is 2.11. The van der Waals surface area contributed by atoms with Gasteiger partial charge in [-0.3, -0.25) is 14.6 Å². The van der Waals surface area contributed by atoms with Crippen LogP contribution in [0.4, 0.5) is 18.9 Å². The maximum atomic E-state index is 12.5. The average Bonchev–Trinajstić information content (AvgIpc) is 3.24. The molecule has 2 aromatic heterocycles. The molecule has 4 rings (SSSR count). The fourth-order valence-corrected chi connectivity index (χ4v) is 2.88. The van der Waals surface area contributed by atoms with Gasteiger partial charge in [-0.25, -0.2) is 0 Å². The summed E-state index contributed by atoms with van der Waals surface area (Å²) < 4.78 is 48.6. The van der Waals surface area contributed by atoms with Crippen LogP contribution >= 0.6 is 0 Å². The first-order valence-corrected chi connectivity index (χ1v) is 9.64. The van der Waals surface area contributed by atoms with Crippen LogP contribution in [0.2, 0.25) is 0 Å². The molecule has 0 saturated carbocycles. The molecule has 2 N–H and O–H groups in total. The molecule has 168 valence electrons. The van der Waals surface area contributed by atoms with Gasteiger partial charge in [0, 0.05) is 30.5 Å². The van der Waals surface area contributed by atoms with Crippen LogP contribution in [-0.4, -0.2) is 16.8 Å². The number of carbonyl (C=O) groups is 2. The fourth-order valence-electron chi connectivity index (χ4n) is 2.88. The highest BCUT2D eigenvalue weighted by molar-refractivity contribution is 6.08. The van der Waals surface area contributed by atoms with E-state index in [0.717, 1.165) is 12.3 Å². The normalized spacial score (nSPS) is 14.6. The second-order valence-electron chi connectivity index (χ2n) is 6.94. The minimum absolute atomic E-state index is 0.0188. The molecule has 7 nitrogen and oxygen atoms in total. The van der Waals surface area contributed by atoms with Crippen LogP contribution in [0.15, 0.2) is 71.2 Å².